The van der Waals surface area contributed by atoms with Crippen molar-refractivity contribution in [1.29, 1.82) is 0 Å². The second-order valence-corrected chi connectivity index (χ2v) is 5.76. The zero-order valence-electron chi connectivity index (χ0n) is 13.4. The van der Waals surface area contributed by atoms with Crippen LogP contribution in [0.1, 0.15) is 17.0 Å². The normalized spacial score (nSPS) is 20.2. The van der Waals surface area contributed by atoms with E-state index in [2.05, 4.69) is 17.4 Å². The Bertz CT molecular complexity index is 684. The predicted molar refractivity (Wildman–Crippen MR) is 88.9 cm³/mol. The predicted octanol–water partition coefficient (Wildman–Crippen LogP) is 2.78. The summed E-state index contributed by atoms with van der Waals surface area (Å²) in [6, 6.07) is 16.0. The maximum absolute atomic E-state index is 12.3. The van der Waals surface area contributed by atoms with Crippen LogP contribution in [-0.2, 0) is 11.2 Å². The fraction of sp³-hybridized carbons (Fsp3) is 0.316. The van der Waals surface area contributed by atoms with Crippen LogP contribution in [0.4, 0.5) is 0 Å². The lowest BCUT2D eigenvalue weighted by molar-refractivity contribution is -0.122. The Hall–Kier alpha value is -2.49. The van der Waals surface area contributed by atoms with E-state index in [1.165, 1.54) is 5.56 Å². The molecule has 4 nitrogen and oxygen atoms in total. The Labute approximate surface area is 136 Å². The van der Waals surface area contributed by atoms with Gasteiger partial charge in [0.1, 0.15) is 0 Å². The standard InChI is InChI=1S/C19H21NO3/c1-22-17-9-8-14(11-18(17)23-2)16-12-20-19(21)15(16)10-13-6-4-3-5-7-13/h3-9,11,15-16H,10,12H2,1-2H3,(H,20,21). The van der Waals surface area contributed by atoms with Gasteiger partial charge in [0.25, 0.3) is 0 Å². The van der Waals surface area contributed by atoms with Crippen molar-refractivity contribution in [3.63, 3.8) is 0 Å². The summed E-state index contributed by atoms with van der Waals surface area (Å²) in [7, 11) is 3.25. The van der Waals surface area contributed by atoms with Gasteiger partial charge in [0.15, 0.2) is 11.5 Å². The average Bonchev–Trinajstić information content (AvgIpc) is 2.96. The molecule has 1 N–H and O–H groups in total. The highest BCUT2D eigenvalue weighted by Crippen LogP contribution is 2.36. The number of carbonyl (C=O) groups is 1. The lowest BCUT2D eigenvalue weighted by Crippen LogP contribution is -2.21. The van der Waals surface area contributed by atoms with E-state index >= 15 is 0 Å². The van der Waals surface area contributed by atoms with Gasteiger partial charge in [0, 0.05) is 12.5 Å². The highest BCUT2D eigenvalue weighted by Gasteiger charge is 2.35. The summed E-state index contributed by atoms with van der Waals surface area (Å²) in [5.74, 6) is 1.60. The molecule has 2 aromatic rings. The molecule has 1 aliphatic rings. The topological polar surface area (TPSA) is 47.6 Å². The van der Waals surface area contributed by atoms with Crippen LogP contribution >= 0.6 is 0 Å². The van der Waals surface area contributed by atoms with Gasteiger partial charge in [-0.05, 0) is 29.7 Å². The van der Waals surface area contributed by atoms with Crippen LogP contribution < -0.4 is 14.8 Å². The first-order valence-electron chi connectivity index (χ1n) is 7.76. The summed E-state index contributed by atoms with van der Waals surface area (Å²) in [4.78, 5) is 12.3. The third-order valence-electron chi connectivity index (χ3n) is 4.45. The lowest BCUT2D eigenvalue weighted by Gasteiger charge is -2.19. The second-order valence-electron chi connectivity index (χ2n) is 5.76. The van der Waals surface area contributed by atoms with Crippen LogP contribution in [0.25, 0.3) is 0 Å². The van der Waals surface area contributed by atoms with Gasteiger partial charge in [-0.2, -0.15) is 0 Å². The van der Waals surface area contributed by atoms with Gasteiger partial charge in [-0.15, -0.1) is 0 Å². The van der Waals surface area contributed by atoms with E-state index < -0.39 is 0 Å². The molecule has 1 saturated heterocycles. The molecule has 23 heavy (non-hydrogen) atoms. The molecule has 0 radical (unpaired) electrons. The molecule has 1 heterocycles. The van der Waals surface area contributed by atoms with Crippen LogP contribution in [0.15, 0.2) is 48.5 Å². The summed E-state index contributed by atoms with van der Waals surface area (Å²) in [6.45, 7) is 0.659. The third-order valence-corrected chi connectivity index (χ3v) is 4.45. The smallest absolute Gasteiger partial charge is 0.224 e. The minimum Gasteiger partial charge on any atom is -0.493 e. The second kappa shape index (κ2) is 6.73. The summed E-state index contributed by atoms with van der Waals surface area (Å²) in [5.41, 5.74) is 2.28. The van der Waals surface area contributed by atoms with Crippen molar-refractivity contribution in [2.45, 2.75) is 12.3 Å². The number of carbonyl (C=O) groups excluding carboxylic acids is 1. The molecule has 4 heteroatoms. The molecule has 0 bridgehead atoms. The summed E-state index contributed by atoms with van der Waals surface area (Å²) >= 11 is 0. The van der Waals surface area contributed by atoms with Crippen molar-refractivity contribution in [3.8, 4) is 11.5 Å². The third kappa shape index (κ3) is 3.16. The van der Waals surface area contributed by atoms with Crippen LogP contribution in [0.5, 0.6) is 11.5 Å². The molecule has 3 rings (SSSR count). The first kappa shape index (κ1) is 15.4. The van der Waals surface area contributed by atoms with E-state index in [4.69, 9.17) is 9.47 Å². The molecule has 1 aliphatic heterocycles. The molecule has 2 atom stereocenters. The number of hydrogen-bond acceptors (Lipinski definition) is 3. The van der Waals surface area contributed by atoms with Gasteiger partial charge >= 0.3 is 0 Å². The number of ether oxygens (including phenoxy) is 2. The van der Waals surface area contributed by atoms with Crippen LogP contribution in [-0.4, -0.2) is 26.7 Å². The molecule has 0 spiro atoms. The first-order valence-corrected chi connectivity index (χ1v) is 7.76. The maximum Gasteiger partial charge on any atom is 0.224 e. The van der Waals surface area contributed by atoms with Crippen LogP contribution in [0.3, 0.4) is 0 Å². The Kier molecular flexibility index (Phi) is 4.51. The number of benzene rings is 2. The van der Waals surface area contributed by atoms with Crippen molar-refractivity contribution in [2.75, 3.05) is 20.8 Å². The number of hydrogen-bond donors (Lipinski definition) is 1. The van der Waals surface area contributed by atoms with Gasteiger partial charge in [-0.25, -0.2) is 0 Å². The zero-order chi connectivity index (χ0) is 16.2. The fourth-order valence-corrected chi connectivity index (χ4v) is 3.20. The maximum atomic E-state index is 12.3. The molecule has 0 aliphatic carbocycles. The van der Waals surface area contributed by atoms with Gasteiger partial charge in [0.2, 0.25) is 5.91 Å². The molecule has 0 saturated carbocycles. The Morgan fingerprint density at radius 3 is 2.48 bits per heavy atom. The van der Waals surface area contributed by atoms with E-state index in [1.54, 1.807) is 14.2 Å². The number of methoxy groups -OCH3 is 2. The minimum absolute atomic E-state index is 0.0597. The number of rotatable bonds is 5. The fourth-order valence-electron chi connectivity index (χ4n) is 3.20. The summed E-state index contributed by atoms with van der Waals surface area (Å²) in [5, 5.41) is 2.99. The Balaban J connectivity index is 1.87. The van der Waals surface area contributed by atoms with Gasteiger partial charge in [-0.3, -0.25) is 4.79 Å². The summed E-state index contributed by atoms with van der Waals surface area (Å²) in [6.07, 6.45) is 0.742. The van der Waals surface area contributed by atoms with E-state index in [0.29, 0.717) is 18.0 Å². The van der Waals surface area contributed by atoms with E-state index in [9.17, 15) is 4.79 Å². The average molecular weight is 311 g/mol. The van der Waals surface area contributed by atoms with E-state index in [1.807, 2.05) is 36.4 Å². The summed E-state index contributed by atoms with van der Waals surface area (Å²) < 4.78 is 10.7. The molecule has 2 unspecified atom stereocenters. The monoisotopic (exact) mass is 311 g/mol. The van der Waals surface area contributed by atoms with Gasteiger partial charge in [0.05, 0.1) is 20.1 Å². The zero-order valence-corrected chi connectivity index (χ0v) is 13.4. The van der Waals surface area contributed by atoms with E-state index in [-0.39, 0.29) is 17.7 Å². The lowest BCUT2D eigenvalue weighted by atomic mass is 9.84. The van der Waals surface area contributed by atoms with Crippen molar-refractivity contribution in [3.05, 3.63) is 59.7 Å². The van der Waals surface area contributed by atoms with Gasteiger partial charge < -0.3 is 14.8 Å². The van der Waals surface area contributed by atoms with E-state index in [0.717, 1.165) is 12.0 Å². The van der Waals surface area contributed by atoms with Crippen molar-refractivity contribution in [1.82, 2.24) is 5.32 Å². The Morgan fingerprint density at radius 2 is 1.78 bits per heavy atom. The molecule has 1 amide bonds. The molecule has 0 aromatic heterocycles. The highest BCUT2D eigenvalue weighted by atomic mass is 16.5. The number of amides is 1. The highest BCUT2D eigenvalue weighted by molar-refractivity contribution is 5.82. The SMILES string of the molecule is COc1ccc(C2CNC(=O)C2Cc2ccccc2)cc1OC. The first-order chi connectivity index (χ1) is 11.2. The quantitative estimate of drug-likeness (QED) is 0.923. The number of nitrogens with one attached hydrogen (secondary N) is 1. The molecular formula is C19H21NO3. The minimum atomic E-state index is -0.0597. The largest absolute Gasteiger partial charge is 0.493 e. The van der Waals surface area contributed by atoms with Crippen molar-refractivity contribution >= 4 is 5.91 Å². The van der Waals surface area contributed by atoms with Crippen molar-refractivity contribution < 1.29 is 14.3 Å². The molecule has 120 valence electrons. The van der Waals surface area contributed by atoms with Crippen LogP contribution in [0, 0.1) is 5.92 Å². The molecule has 2 aromatic carbocycles. The molecule has 1 fully saturated rings. The van der Waals surface area contributed by atoms with Crippen molar-refractivity contribution in [2.24, 2.45) is 5.92 Å². The molecular weight excluding hydrogens is 290 g/mol. The Morgan fingerprint density at radius 1 is 1.04 bits per heavy atom. The van der Waals surface area contributed by atoms with Gasteiger partial charge in [-0.1, -0.05) is 36.4 Å². The van der Waals surface area contributed by atoms with Crippen LogP contribution in [0.2, 0.25) is 0 Å².